The Morgan fingerprint density at radius 1 is 0.776 bits per heavy atom. The molecule has 0 heterocycles. The lowest BCUT2D eigenvalue weighted by molar-refractivity contribution is -0.157. The third-order valence-corrected chi connectivity index (χ3v) is 10.8. The van der Waals surface area contributed by atoms with E-state index in [-0.39, 0.29) is 24.2 Å². The molecule has 8 nitrogen and oxygen atoms in total. The second-order valence-electron chi connectivity index (χ2n) is 13.3. The smallest absolute Gasteiger partial charge is 0.308 e. The van der Waals surface area contributed by atoms with Gasteiger partial charge in [-0.25, -0.2) is 0 Å². The van der Waals surface area contributed by atoms with Gasteiger partial charge in [0.15, 0.2) is 0 Å². The van der Waals surface area contributed by atoms with Crippen LogP contribution in [-0.4, -0.2) is 63.5 Å². The first-order valence-corrected chi connectivity index (χ1v) is 19.6. The van der Waals surface area contributed by atoms with E-state index in [1.807, 2.05) is 56.8 Å². The van der Waals surface area contributed by atoms with E-state index in [4.69, 9.17) is 23.5 Å². The molecular formula is C39H54O8S2. The summed E-state index contributed by atoms with van der Waals surface area (Å²) in [7, 11) is 1.06. The van der Waals surface area contributed by atoms with Gasteiger partial charge in [0.1, 0.15) is 17.1 Å². The Balaban J connectivity index is 1.88. The zero-order valence-electron chi connectivity index (χ0n) is 29.9. The lowest BCUT2D eigenvalue weighted by Crippen LogP contribution is -2.27. The van der Waals surface area contributed by atoms with Crippen LogP contribution in [-0.2, 0) is 35.6 Å². The van der Waals surface area contributed by atoms with Crippen LogP contribution in [0.1, 0.15) is 94.4 Å². The minimum absolute atomic E-state index is 0.188. The molecule has 0 saturated heterocycles. The van der Waals surface area contributed by atoms with Crippen molar-refractivity contribution in [1.29, 1.82) is 0 Å². The average molecular weight is 715 g/mol. The Bertz CT molecular complexity index is 1480. The number of carbonyl (C=O) groups excluding carboxylic acids is 1. The van der Waals surface area contributed by atoms with Gasteiger partial charge in [-0.15, -0.1) is 11.8 Å². The highest BCUT2D eigenvalue weighted by molar-refractivity contribution is 8.00. The minimum Gasteiger partial charge on any atom is -0.497 e. The molecule has 0 bridgehead atoms. The number of aryl methyl sites for hydroxylation is 1. The van der Waals surface area contributed by atoms with Crippen molar-refractivity contribution in [1.82, 2.24) is 0 Å². The van der Waals surface area contributed by atoms with Crippen LogP contribution in [0.25, 0.3) is 0 Å². The number of carbonyl (C=O) groups is 1. The third-order valence-electron chi connectivity index (χ3n) is 8.33. The fourth-order valence-corrected chi connectivity index (χ4v) is 8.02. The second-order valence-corrected chi connectivity index (χ2v) is 16.2. The first-order valence-electron chi connectivity index (χ1n) is 17.0. The number of hydrogen-bond donors (Lipinski definition) is 1. The molecule has 0 aromatic heterocycles. The molecule has 0 aliphatic heterocycles. The maximum Gasteiger partial charge on any atom is 0.308 e. The van der Waals surface area contributed by atoms with Crippen molar-refractivity contribution in [2.45, 2.75) is 95.0 Å². The number of rotatable bonds is 21. The van der Waals surface area contributed by atoms with Gasteiger partial charge in [0.05, 0.1) is 37.2 Å². The number of thioether (sulfide) groups is 1. The molecule has 0 saturated carbocycles. The van der Waals surface area contributed by atoms with Gasteiger partial charge in [0, 0.05) is 7.11 Å². The molecular weight excluding hydrogens is 661 g/mol. The average Bonchev–Trinajstić information content (AvgIpc) is 3.06. The van der Waals surface area contributed by atoms with E-state index < -0.39 is 20.5 Å². The number of hydrogen-bond acceptors (Lipinski definition) is 8. The van der Waals surface area contributed by atoms with Gasteiger partial charge >= 0.3 is 5.97 Å². The summed E-state index contributed by atoms with van der Waals surface area (Å²) in [6.45, 7) is 5.60. The molecule has 1 atom stereocenters. The van der Waals surface area contributed by atoms with E-state index in [2.05, 4.69) is 48.5 Å². The SMILES string of the molecule is COc1ccc(C(SCCCCCCCS(=O)(=O)O)(c2ccc(OC)cc2)c2cccc(CCCC(CC(=O)OC(C)(C)C)OC)c2)cc1. The quantitative estimate of drug-likeness (QED) is 0.0502. The summed E-state index contributed by atoms with van der Waals surface area (Å²) in [4.78, 5) is 12.4. The van der Waals surface area contributed by atoms with Gasteiger partial charge in [-0.05, 0) is 105 Å². The molecule has 10 heteroatoms. The maximum atomic E-state index is 12.4. The van der Waals surface area contributed by atoms with Crippen LogP contribution in [0.4, 0.5) is 0 Å². The Morgan fingerprint density at radius 2 is 1.35 bits per heavy atom. The van der Waals surface area contributed by atoms with Gasteiger partial charge in [-0.1, -0.05) is 67.8 Å². The fraction of sp³-hybridized carbons (Fsp3) is 0.513. The Kier molecular flexibility index (Phi) is 16.0. The molecule has 0 aliphatic rings. The third kappa shape index (κ3) is 13.3. The van der Waals surface area contributed by atoms with Crippen molar-refractivity contribution in [3.8, 4) is 11.5 Å². The molecule has 0 amide bonds. The van der Waals surface area contributed by atoms with Crippen molar-refractivity contribution < 1.29 is 36.7 Å². The lowest BCUT2D eigenvalue weighted by Gasteiger charge is -2.36. The highest BCUT2D eigenvalue weighted by atomic mass is 32.2. The van der Waals surface area contributed by atoms with Crippen molar-refractivity contribution in [2.24, 2.45) is 0 Å². The summed E-state index contributed by atoms with van der Waals surface area (Å²) < 4.78 is 52.8. The summed E-state index contributed by atoms with van der Waals surface area (Å²) >= 11 is 1.89. The predicted octanol–water partition coefficient (Wildman–Crippen LogP) is 8.64. The molecule has 1 N–H and O–H groups in total. The molecule has 0 spiro atoms. The fourth-order valence-electron chi connectivity index (χ4n) is 5.90. The number of ether oxygens (including phenoxy) is 4. The summed E-state index contributed by atoms with van der Waals surface area (Å²) in [5.74, 6) is 2.01. The highest BCUT2D eigenvalue weighted by Crippen LogP contribution is 2.49. The second kappa shape index (κ2) is 19.4. The molecule has 0 fully saturated rings. The summed E-state index contributed by atoms with van der Waals surface area (Å²) in [6, 6.07) is 25.3. The molecule has 3 rings (SSSR count). The summed E-state index contributed by atoms with van der Waals surface area (Å²) in [5.41, 5.74) is 4.10. The Morgan fingerprint density at radius 3 is 1.88 bits per heavy atom. The number of unbranched alkanes of at least 4 members (excludes halogenated alkanes) is 4. The Labute approximate surface area is 298 Å². The normalized spacial score (nSPS) is 12.8. The zero-order chi connectivity index (χ0) is 35.9. The van der Waals surface area contributed by atoms with E-state index in [0.29, 0.717) is 6.42 Å². The van der Waals surface area contributed by atoms with Crippen LogP contribution >= 0.6 is 11.8 Å². The van der Waals surface area contributed by atoms with E-state index in [1.54, 1.807) is 21.3 Å². The van der Waals surface area contributed by atoms with Crippen LogP contribution in [0.3, 0.4) is 0 Å². The Hall–Kier alpha value is -3.05. The first kappa shape index (κ1) is 40.4. The maximum absolute atomic E-state index is 12.4. The summed E-state index contributed by atoms with van der Waals surface area (Å²) in [6.07, 6.45) is 6.49. The lowest BCUT2D eigenvalue weighted by atomic mass is 9.83. The molecule has 3 aromatic carbocycles. The monoisotopic (exact) mass is 714 g/mol. The largest absolute Gasteiger partial charge is 0.497 e. The van der Waals surface area contributed by atoms with Crippen LogP contribution in [0.5, 0.6) is 11.5 Å². The topological polar surface area (TPSA) is 108 Å². The first-order chi connectivity index (χ1) is 23.3. The number of methoxy groups -OCH3 is 3. The van der Waals surface area contributed by atoms with Gasteiger partial charge in [-0.2, -0.15) is 8.42 Å². The van der Waals surface area contributed by atoms with Gasteiger partial charge < -0.3 is 18.9 Å². The van der Waals surface area contributed by atoms with Crippen LogP contribution < -0.4 is 9.47 Å². The molecule has 1 unspecified atom stereocenters. The minimum atomic E-state index is -3.92. The molecule has 0 radical (unpaired) electrons. The number of benzene rings is 3. The van der Waals surface area contributed by atoms with Crippen LogP contribution in [0.15, 0.2) is 72.8 Å². The van der Waals surface area contributed by atoms with E-state index in [0.717, 1.165) is 78.9 Å². The zero-order valence-corrected chi connectivity index (χ0v) is 31.5. The van der Waals surface area contributed by atoms with Crippen molar-refractivity contribution in [2.75, 3.05) is 32.8 Å². The summed E-state index contributed by atoms with van der Waals surface area (Å²) in [5, 5.41) is 0. The molecule has 3 aromatic rings. The predicted molar refractivity (Wildman–Crippen MR) is 198 cm³/mol. The standard InChI is InChI=1S/C39H54O8S2/c1-38(2,3)47-37(40)29-36(46-6)17-13-15-30-14-12-16-33(28-30)39(31-18-22-34(44-4)23-19-31,32-20-24-35(45-5)25-21-32)48-26-10-8-7-9-11-27-49(41,42)43/h12,14,16,18-25,28,36H,7-11,13,15,17,26-27,29H2,1-6H3,(H,41,42,43). The van der Waals surface area contributed by atoms with Crippen LogP contribution in [0, 0.1) is 0 Å². The van der Waals surface area contributed by atoms with Crippen molar-refractivity contribution >= 4 is 27.8 Å². The van der Waals surface area contributed by atoms with Gasteiger partial charge in [0.2, 0.25) is 0 Å². The highest BCUT2D eigenvalue weighted by Gasteiger charge is 2.37. The number of esters is 1. The van der Waals surface area contributed by atoms with Crippen molar-refractivity contribution in [3.63, 3.8) is 0 Å². The molecule has 49 heavy (non-hydrogen) atoms. The van der Waals surface area contributed by atoms with E-state index in [1.165, 1.54) is 5.56 Å². The molecule has 270 valence electrons. The van der Waals surface area contributed by atoms with Crippen LogP contribution in [0.2, 0.25) is 0 Å². The van der Waals surface area contributed by atoms with E-state index in [9.17, 15) is 13.2 Å². The van der Waals surface area contributed by atoms with Gasteiger partial charge in [-0.3, -0.25) is 9.35 Å². The van der Waals surface area contributed by atoms with E-state index >= 15 is 0 Å². The molecule has 0 aliphatic carbocycles. The van der Waals surface area contributed by atoms with Gasteiger partial charge in [0.25, 0.3) is 10.1 Å². The van der Waals surface area contributed by atoms with Crippen molar-refractivity contribution in [3.05, 3.63) is 95.1 Å².